The van der Waals surface area contributed by atoms with Gasteiger partial charge < -0.3 is 10.6 Å². The molecule has 1 aliphatic rings. The second-order valence-electron chi connectivity index (χ2n) is 6.57. The molecule has 0 aromatic heterocycles. The number of carbonyl (C=O) groups is 2. The topological polar surface area (TPSA) is 92.3 Å². The first-order chi connectivity index (χ1) is 13.3. The van der Waals surface area contributed by atoms with Gasteiger partial charge in [-0.25, -0.2) is 8.42 Å². The van der Waals surface area contributed by atoms with E-state index < -0.39 is 9.84 Å². The Kier molecular flexibility index (Phi) is 6.10. The van der Waals surface area contributed by atoms with E-state index in [0.717, 1.165) is 28.1 Å². The first kappa shape index (κ1) is 20.4. The van der Waals surface area contributed by atoms with Crippen LogP contribution in [-0.2, 0) is 25.8 Å². The molecule has 1 aliphatic heterocycles. The third-order valence-corrected chi connectivity index (χ3v) is 7.33. The largest absolute Gasteiger partial charge is 0.326 e. The van der Waals surface area contributed by atoms with Gasteiger partial charge in [-0.05, 0) is 42.7 Å². The van der Waals surface area contributed by atoms with Gasteiger partial charge >= 0.3 is 0 Å². The summed E-state index contributed by atoms with van der Waals surface area (Å²) in [4.78, 5) is 24.8. The van der Waals surface area contributed by atoms with Crippen molar-refractivity contribution >= 4 is 44.8 Å². The molecule has 0 bridgehead atoms. The van der Waals surface area contributed by atoms with E-state index >= 15 is 0 Å². The van der Waals surface area contributed by atoms with Crippen LogP contribution in [0.2, 0.25) is 0 Å². The summed E-state index contributed by atoms with van der Waals surface area (Å²) in [5.41, 5.74) is 3.21. The number of benzene rings is 2. The number of nitrogens with one attached hydrogen (secondary N) is 2. The van der Waals surface area contributed by atoms with Crippen LogP contribution in [0, 0.1) is 6.92 Å². The van der Waals surface area contributed by atoms with Crippen LogP contribution >= 0.6 is 11.8 Å². The van der Waals surface area contributed by atoms with E-state index in [1.165, 1.54) is 23.9 Å². The Morgan fingerprint density at radius 1 is 1.25 bits per heavy atom. The molecule has 0 fully saturated rings. The molecule has 0 unspecified atom stereocenters. The van der Waals surface area contributed by atoms with E-state index in [4.69, 9.17) is 0 Å². The lowest BCUT2D eigenvalue weighted by Gasteiger charge is -2.17. The molecule has 0 atom stereocenters. The zero-order valence-electron chi connectivity index (χ0n) is 15.7. The lowest BCUT2D eigenvalue weighted by Crippen LogP contribution is -2.20. The Bertz CT molecular complexity index is 1030. The van der Waals surface area contributed by atoms with Gasteiger partial charge in [-0.3, -0.25) is 9.59 Å². The molecule has 2 N–H and O–H groups in total. The van der Waals surface area contributed by atoms with Crippen LogP contribution in [0.25, 0.3) is 0 Å². The highest BCUT2D eigenvalue weighted by atomic mass is 32.2. The average molecular weight is 419 g/mol. The Balaban J connectivity index is 1.69. The Labute approximate surface area is 169 Å². The quantitative estimate of drug-likeness (QED) is 0.750. The van der Waals surface area contributed by atoms with E-state index in [-0.39, 0.29) is 28.9 Å². The molecule has 2 amide bonds. The minimum atomic E-state index is -3.65. The van der Waals surface area contributed by atoms with Crippen molar-refractivity contribution in [3.8, 4) is 0 Å². The highest BCUT2D eigenvalue weighted by Crippen LogP contribution is 2.33. The van der Waals surface area contributed by atoms with E-state index in [0.29, 0.717) is 11.4 Å². The summed E-state index contributed by atoms with van der Waals surface area (Å²) in [6.07, 6.45) is 0.631. The summed E-state index contributed by atoms with van der Waals surface area (Å²) in [6.45, 7) is 3.91. The number of amides is 2. The molecule has 2 aromatic rings. The predicted molar refractivity (Wildman–Crippen MR) is 112 cm³/mol. The highest BCUT2D eigenvalue weighted by Gasteiger charge is 2.21. The molecule has 6 nitrogen and oxygen atoms in total. The molecule has 2 aromatic carbocycles. The maximum absolute atomic E-state index is 12.6. The minimum absolute atomic E-state index is 0.104. The lowest BCUT2D eigenvalue weighted by atomic mass is 10.1. The molecular formula is C20H22N2O4S2. The third-order valence-electron chi connectivity index (χ3n) is 4.55. The van der Waals surface area contributed by atoms with Crippen molar-refractivity contribution in [3.63, 3.8) is 0 Å². The van der Waals surface area contributed by atoms with Crippen molar-refractivity contribution in [2.45, 2.75) is 36.5 Å². The van der Waals surface area contributed by atoms with Crippen LogP contribution in [0.4, 0.5) is 11.4 Å². The molecule has 0 saturated carbocycles. The van der Waals surface area contributed by atoms with Gasteiger partial charge in [-0.1, -0.05) is 25.1 Å². The summed E-state index contributed by atoms with van der Waals surface area (Å²) in [5.74, 6) is -0.477. The van der Waals surface area contributed by atoms with Gasteiger partial charge in [0.05, 0.1) is 22.1 Å². The number of hydrogen-bond acceptors (Lipinski definition) is 5. The van der Waals surface area contributed by atoms with Crippen LogP contribution in [-0.4, -0.2) is 31.7 Å². The smallest absolute Gasteiger partial charge is 0.234 e. The highest BCUT2D eigenvalue weighted by molar-refractivity contribution is 8.00. The number of carbonyl (C=O) groups excluding carboxylic acids is 2. The molecule has 0 spiro atoms. The number of sulfone groups is 1. The predicted octanol–water partition coefficient (Wildman–Crippen LogP) is 3.40. The van der Waals surface area contributed by atoms with Crippen LogP contribution < -0.4 is 10.6 Å². The Hall–Kier alpha value is -2.32. The molecular weight excluding hydrogens is 396 g/mol. The number of hydrogen-bond donors (Lipinski definition) is 2. The van der Waals surface area contributed by atoms with Gasteiger partial charge in [0.1, 0.15) is 0 Å². The van der Waals surface area contributed by atoms with Crippen molar-refractivity contribution in [2.24, 2.45) is 0 Å². The molecule has 0 saturated heterocycles. The SMILES string of the molecule is CCc1cccc(C)c1NC(=O)CCS(=O)(=O)c1ccc2c(c1)NC(=O)CS2. The summed E-state index contributed by atoms with van der Waals surface area (Å²) >= 11 is 1.37. The molecule has 28 heavy (non-hydrogen) atoms. The average Bonchev–Trinajstić information content (AvgIpc) is 2.67. The summed E-state index contributed by atoms with van der Waals surface area (Å²) in [6, 6.07) is 10.5. The molecule has 1 heterocycles. The fraction of sp³-hybridized carbons (Fsp3) is 0.300. The fourth-order valence-electron chi connectivity index (χ4n) is 3.00. The zero-order chi connectivity index (χ0) is 20.3. The van der Waals surface area contributed by atoms with E-state index in [9.17, 15) is 18.0 Å². The lowest BCUT2D eigenvalue weighted by molar-refractivity contribution is -0.116. The van der Waals surface area contributed by atoms with E-state index in [1.807, 2.05) is 32.0 Å². The van der Waals surface area contributed by atoms with Crippen LogP contribution in [0.5, 0.6) is 0 Å². The number of anilines is 2. The number of fused-ring (bicyclic) bond motifs is 1. The summed E-state index contributed by atoms with van der Waals surface area (Å²) < 4.78 is 25.3. The van der Waals surface area contributed by atoms with Gasteiger partial charge in [0, 0.05) is 17.0 Å². The van der Waals surface area contributed by atoms with Crippen molar-refractivity contribution in [1.82, 2.24) is 0 Å². The van der Waals surface area contributed by atoms with Gasteiger partial charge in [0.15, 0.2) is 9.84 Å². The monoisotopic (exact) mass is 418 g/mol. The number of thioether (sulfide) groups is 1. The van der Waals surface area contributed by atoms with Gasteiger partial charge in [-0.2, -0.15) is 0 Å². The second kappa shape index (κ2) is 8.36. The zero-order valence-corrected chi connectivity index (χ0v) is 17.4. The standard InChI is InChI=1S/C20H22N2O4S2/c1-3-14-6-4-5-13(2)20(14)22-18(23)9-10-28(25,26)15-7-8-17-16(11-15)21-19(24)12-27-17/h4-8,11H,3,9-10,12H2,1-2H3,(H,21,24)(H,22,23). The minimum Gasteiger partial charge on any atom is -0.326 e. The van der Waals surface area contributed by atoms with Crippen molar-refractivity contribution in [3.05, 3.63) is 47.5 Å². The third kappa shape index (κ3) is 4.56. The maximum atomic E-state index is 12.6. The number of aryl methyl sites for hydroxylation is 2. The van der Waals surface area contributed by atoms with Crippen LogP contribution in [0.15, 0.2) is 46.2 Å². The summed E-state index contributed by atoms with van der Waals surface area (Å²) in [7, 11) is -3.65. The Morgan fingerprint density at radius 3 is 2.79 bits per heavy atom. The van der Waals surface area contributed by atoms with Crippen LogP contribution in [0.3, 0.4) is 0 Å². The van der Waals surface area contributed by atoms with Crippen molar-refractivity contribution in [2.75, 3.05) is 22.1 Å². The van der Waals surface area contributed by atoms with E-state index in [1.54, 1.807) is 6.07 Å². The normalized spacial score (nSPS) is 13.6. The van der Waals surface area contributed by atoms with Gasteiger partial charge in [-0.15, -0.1) is 11.8 Å². The fourth-order valence-corrected chi connectivity index (χ4v) is 5.06. The first-order valence-electron chi connectivity index (χ1n) is 8.98. The molecule has 8 heteroatoms. The Morgan fingerprint density at radius 2 is 2.04 bits per heavy atom. The van der Waals surface area contributed by atoms with Crippen molar-refractivity contribution in [1.29, 1.82) is 0 Å². The maximum Gasteiger partial charge on any atom is 0.234 e. The molecule has 3 rings (SSSR count). The molecule has 148 valence electrons. The molecule has 0 radical (unpaired) electrons. The molecule has 0 aliphatic carbocycles. The number of rotatable bonds is 6. The first-order valence-corrected chi connectivity index (χ1v) is 11.6. The second-order valence-corrected chi connectivity index (χ2v) is 9.70. The summed E-state index contributed by atoms with van der Waals surface area (Å²) in [5, 5.41) is 5.53. The van der Waals surface area contributed by atoms with E-state index in [2.05, 4.69) is 10.6 Å². The van der Waals surface area contributed by atoms with Crippen molar-refractivity contribution < 1.29 is 18.0 Å². The van der Waals surface area contributed by atoms with Gasteiger partial charge in [0.25, 0.3) is 0 Å². The number of para-hydroxylation sites is 1. The van der Waals surface area contributed by atoms with Gasteiger partial charge in [0.2, 0.25) is 11.8 Å². The van der Waals surface area contributed by atoms with Crippen LogP contribution in [0.1, 0.15) is 24.5 Å².